The van der Waals surface area contributed by atoms with Crippen LogP contribution in [0.4, 0.5) is 5.69 Å². The van der Waals surface area contributed by atoms with Crippen molar-refractivity contribution < 1.29 is 40.8 Å². The number of hydrogen-bond donors (Lipinski definition) is 1. The van der Waals surface area contributed by atoms with Crippen molar-refractivity contribution in [1.82, 2.24) is 0 Å². The van der Waals surface area contributed by atoms with Gasteiger partial charge in [-0.3, -0.25) is 0 Å². The fourth-order valence-corrected chi connectivity index (χ4v) is 7.25. The average molecular weight is 664 g/mol. The molecule has 42 heavy (non-hydrogen) atoms. The van der Waals surface area contributed by atoms with Crippen molar-refractivity contribution in [3.05, 3.63) is 107 Å². The van der Waals surface area contributed by atoms with E-state index >= 15 is 0 Å². The first-order valence-corrected chi connectivity index (χ1v) is 19.5. The summed E-state index contributed by atoms with van der Waals surface area (Å²) in [5.41, 5.74) is 2.75. The van der Waals surface area contributed by atoms with Crippen LogP contribution in [0.3, 0.4) is 0 Å². The molecule has 1 heterocycles. The van der Waals surface area contributed by atoms with Gasteiger partial charge in [0.05, 0.1) is 0 Å². The van der Waals surface area contributed by atoms with Crippen molar-refractivity contribution >= 4 is 13.8 Å². The zero-order valence-electron chi connectivity index (χ0n) is 25.9. The molecule has 2 saturated carbocycles. The first-order chi connectivity index (χ1) is 19.8. The van der Waals surface area contributed by atoms with Crippen LogP contribution in [-0.2, 0) is 35.7 Å². The van der Waals surface area contributed by atoms with E-state index in [1.54, 1.807) is 0 Å². The summed E-state index contributed by atoms with van der Waals surface area (Å²) >= 11 is 0. The third kappa shape index (κ3) is 11.2. The van der Waals surface area contributed by atoms with Crippen molar-refractivity contribution in [3.63, 3.8) is 0 Å². The topological polar surface area (TPSA) is 52.8 Å². The van der Waals surface area contributed by atoms with E-state index in [-0.39, 0.29) is 26.2 Å². The van der Waals surface area contributed by atoms with Crippen LogP contribution in [0.2, 0.25) is 25.7 Å². The molecule has 3 fully saturated rings. The summed E-state index contributed by atoms with van der Waals surface area (Å²) in [6.45, 7) is 6.80. The van der Waals surface area contributed by atoms with Gasteiger partial charge in [0.1, 0.15) is 12.2 Å². The Bertz CT molecular complexity index is 1050. The predicted molar refractivity (Wildman–Crippen MR) is 173 cm³/mol. The number of nitrogens with zero attached hydrogens (tertiary/aromatic N) is 1. The second kappa shape index (κ2) is 17.7. The molecule has 0 spiro atoms. The number of ether oxygens (including phenoxy) is 2. The molecule has 0 aromatic heterocycles. The van der Waals surface area contributed by atoms with E-state index in [2.05, 4.69) is 19.6 Å². The van der Waals surface area contributed by atoms with Gasteiger partial charge < -0.3 is 19.9 Å². The van der Waals surface area contributed by atoms with Crippen LogP contribution in [0.25, 0.3) is 5.32 Å². The SMILES string of the molecule is C1CCCC1.C1CCCC1.C[Si](C)(C)C[C@@H]([N-]c1ccccc1)C1(O)O[C@H](c2ccccc2)[C@@H](c2ccccc2)O1.[Zr+3]. The maximum atomic E-state index is 11.7. The minimum Gasteiger partial charge on any atom is -0.676 e. The quantitative estimate of drug-likeness (QED) is 0.256. The largest absolute Gasteiger partial charge is 3.00 e. The van der Waals surface area contributed by atoms with Gasteiger partial charge in [-0.05, 0) is 17.2 Å². The van der Waals surface area contributed by atoms with Gasteiger partial charge in [0.15, 0.2) is 0 Å². The van der Waals surface area contributed by atoms with Gasteiger partial charge in [0.2, 0.25) is 0 Å². The first kappa shape index (κ1) is 34.9. The summed E-state index contributed by atoms with van der Waals surface area (Å²) in [7, 11) is -1.61. The first-order valence-electron chi connectivity index (χ1n) is 15.8. The molecule has 0 amide bonds. The zero-order valence-corrected chi connectivity index (χ0v) is 29.3. The number of rotatable bonds is 7. The number of aliphatic hydroxyl groups is 1. The molecule has 3 aromatic rings. The van der Waals surface area contributed by atoms with Gasteiger partial charge >= 0.3 is 26.2 Å². The Morgan fingerprint density at radius 1 is 0.643 bits per heavy atom. The number of hydrogen-bond acceptors (Lipinski definition) is 3. The summed E-state index contributed by atoms with van der Waals surface area (Å²) in [5.74, 6) is -1.81. The molecule has 3 aromatic carbocycles. The molecule has 3 atom stereocenters. The van der Waals surface area contributed by atoms with E-state index in [1.807, 2.05) is 91.0 Å². The Morgan fingerprint density at radius 2 is 0.976 bits per heavy atom. The van der Waals surface area contributed by atoms with Gasteiger partial charge in [-0.15, -0.1) is 5.69 Å². The van der Waals surface area contributed by atoms with Crippen molar-refractivity contribution in [2.45, 2.75) is 114 Å². The van der Waals surface area contributed by atoms with Gasteiger partial charge in [-0.2, -0.15) is 0 Å². The Balaban J connectivity index is 0.000000370. The summed E-state index contributed by atoms with van der Waals surface area (Å²) < 4.78 is 12.7. The zero-order chi connectivity index (χ0) is 29.0. The van der Waals surface area contributed by atoms with E-state index in [0.29, 0.717) is 0 Å². The maximum absolute atomic E-state index is 11.7. The third-order valence-corrected chi connectivity index (χ3v) is 9.52. The van der Waals surface area contributed by atoms with E-state index in [0.717, 1.165) is 22.9 Å². The van der Waals surface area contributed by atoms with E-state index in [9.17, 15) is 5.11 Å². The Morgan fingerprint density at radius 3 is 1.31 bits per heavy atom. The fourth-order valence-electron chi connectivity index (χ4n) is 5.74. The molecule has 223 valence electrons. The van der Waals surface area contributed by atoms with Crippen molar-refractivity contribution in [2.75, 3.05) is 0 Å². The smallest absolute Gasteiger partial charge is 0.676 e. The molecule has 3 aliphatic rings. The molecule has 1 aliphatic heterocycles. The van der Waals surface area contributed by atoms with Crippen LogP contribution in [0.1, 0.15) is 87.5 Å². The summed E-state index contributed by atoms with van der Waals surface area (Å²) in [4.78, 5) is 0. The summed E-state index contributed by atoms with van der Waals surface area (Å²) in [6.07, 6.45) is 14.1. The van der Waals surface area contributed by atoms with Crippen molar-refractivity contribution in [1.29, 1.82) is 0 Å². The monoisotopic (exact) mass is 662 g/mol. The minimum absolute atomic E-state index is 0. The van der Waals surface area contributed by atoms with E-state index in [1.165, 1.54) is 64.2 Å². The molecule has 0 bridgehead atoms. The normalized spacial score (nSPS) is 21.6. The van der Waals surface area contributed by atoms with Crippen LogP contribution >= 0.6 is 0 Å². The van der Waals surface area contributed by atoms with Crippen LogP contribution in [-0.4, -0.2) is 25.2 Å². The van der Waals surface area contributed by atoms with Crippen LogP contribution in [0.15, 0.2) is 91.0 Å². The third-order valence-electron chi connectivity index (χ3n) is 7.91. The second-order valence-corrected chi connectivity index (χ2v) is 18.3. The molecule has 2 aliphatic carbocycles. The molecule has 4 nitrogen and oxygen atoms in total. The number of para-hydroxylation sites is 1. The van der Waals surface area contributed by atoms with E-state index in [4.69, 9.17) is 14.8 Å². The van der Waals surface area contributed by atoms with Crippen LogP contribution in [0, 0.1) is 0 Å². The minimum atomic E-state index is -1.81. The predicted octanol–water partition coefficient (Wildman–Crippen LogP) is 10.5. The molecule has 1 saturated heterocycles. The number of benzene rings is 3. The van der Waals surface area contributed by atoms with Crippen molar-refractivity contribution in [3.8, 4) is 0 Å². The van der Waals surface area contributed by atoms with Crippen LogP contribution < -0.4 is 0 Å². The standard InChI is InChI=1S/C26H30NO3Si.2C5H10.Zr/c1-31(2,3)19-23(27-22-17-11-6-12-18-22)26(28)29-24(20-13-7-4-8-14-20)25(30-26)21-15-9-5-10-16-21;2*1-2-4-5-3-1;/h4-18,23-25,28H,19H2,1-3H3;2*1-5H2;/q-1;;;+3/t23-,24-,25-;;;/m1.../s1. The molecule has 1 N–H and O–H groups in total. The molecule has 1 radical (unpaired) electrons. The van der Waals surface area contributed by atoms with Gasteiger partial charge in [-0.1, -0.05) is 181 Å². The molecular weight excluding hydrogens is 614 g/mol. The van der Waals surface area contributed by atoms with Crippen molar-refractivity contribution in [2.24, 2.45) is 0 Å². The fraction of sp³-hybridized carbons (Fsp3) is 0.500. The Kier molecular flexibility index (Phi) is 14.7. The average Bonchev–Trinajstić information content (AvgIpc) is 3.79. The molecule has 6 rings (SSSR count). The summed E-state index contributed by atoms with van der Waals surface area (Å²) in [6, 6.07) is 29.9. The molecule has 0 unspecified atom stereocenters. The van der Waals surface area contributed by atoms with Crippen LogP contribution in [0.5, 0.6) is 0 Å². The van der Waals surface area contributed by atoms with Gasteiger partial charge in [-0.25, -0.2) is 0 Å². The van der Waals surface area contributed by atoms with Gasteiger partial charge in [0.25, 0.3) is 5.97 Å². The Labute approximate surface area is 274 Å². The van der Waals surface area contributed by atoms with Gasteiger partial charge in [0, 0.05) is 8.07 Å². The molecular formula is C36H50NO3SiZr+2. The second-order valence-electron chi connectivity index (χ2n) is 12.8. The van der Waals surface area contributed by atoms with E-state index < -0.39 is 32.3 Å². The Hall–Kier alpha value is -1.56. The summed E-state index contributed by atoms with van der Waals surface area (Å²) in [5, 5.41) is 16.6. The molecule has 6 heteroatoms. The maximum Gasteiger partial charge on any atom is 3.00 e.